The Morgan fingerprint density at radius 1 is 1.05 bits per heavy atom. The van der Waals surface area contributed by atoms with Crippen molar-refractivity contribution in [1.29, 1.82) is 0 Å². The molecule has 0 spiro atoms. The molecule has 1 aliphatic heterocycles. The molecule has 2 rings (SSSR count). The first-order chi connectivity index (χ1) is 9.63. The molecule has 0 amide bonds. The monoisotopic (exact) mass is 276 g/mol. The summed E-state index contributed by atoms with van der Waals surface area (Å²) in [5.41, 5.74) is 2.44. The van der Waals surface area contributed by atoms with Gasteiger partial charge in [-0.3, -0.25) is 4.79 Å². The van der Waals surface area contributed by atoms with Crippen molar-refractivity contribution in [3.05, 3.63) is 35.4 Å². The van der Waals surface area contributed by atoms with Crippen molar-refractivity contribution in [2.75, 3.05) is 39.8 Å². The van der Waals surface area contributed by atoms with Gasteiger partial charge in [0.05, 0.1) is 0 Å². The minimum absolute atomic E-state index is 0.209. The van der Waals surface area contributed by atoms with Crippen LogP contribution in [0, 0.1) is 0 Å². The molecule has 0 bridgehead atoms. The lowest BCUT2D eigenvalue weighted by Crippen LogP contribution is -2.45. The van der Waals surface area contributed by atoms with Crippen LogP contribution in [0.3, 0.4) is 0 Å². The number of hydrogen-bond donors (Lipinski definition) is 1. The smallest absolute Gasteiger partial charge is 0.303 e. The topological polar surface area (TPSA) is 43.8 Å². The number of carboxylic acid groups (broad SMARTS) is 1. The van der Waals surface area contributed by atoms with Crippen LogP contribution in [0.1, 0.15) is 17.5 Å². The zero-order valence-electron chi connectivity index (χ0n) is 12.2. The summed E-state index contributed by atoms with van der Waals surface area (Å²) in [6, 6.07) is 8.38. The lowest BCUT2D eigenvalue weighted by Gasteiger charge is -2.32. The van der Waals surface area contributed by atoms with Gasteiger partial charge in [-0.2, -0.15) is 0 Å². The molecule has 1 fully saturated rings. The summed E-state index contributed by atoms with van der Waals surface area (Å²) < 4.78 is 0. The Labute approximate surface area is 121 Å². The summed E-state index contributed by atoms with van der Waals surface area (Å²) in [5, 5.41) is 8.67. The van der Waals surface area contributed by atoms with E-state index in [4.69, 9.17) is 5.11 Å². The van der Waals surface area contributed by atoms with Crippen LogP contribution in [0.15, 0.2) is 24.3 Å². The molecule has 0 aliphatic carbocycles. The number of aliphatic carboxylic acids is 1. The first kappa shape index (κ1) is 15.0. The Morgan fingerprint density at radius 2 is 1.60 bits per heavy atom. The Balaban J connectivity index is 1.74. The normalized spacial score (nSPS) is 17.2. The van der Waals surface area contributed by atoms with Crippen LogP contribution in [-0.4, -0.2) is 60.6 Å². The molecule has 0 saturated carbocycles. The predicted octanol–water partition coefficient (Wildman–Crippen LogP) is 1.49. The molecule has 1 heterocycles. The van der Waals surface area contributed by atoms with Gasteiger partial charge in [-0.05, 0) is 31.0 Å². The fraction of sp³-hybridized carbons (Fsp3) is 0.562. The standard InChI is InChI=1S/C16H24N2O2/c1-17-10-12-18(13-11-17)9-8-15-4-2-14(3-5-15)6-7-16(19)20/h2-5H,6-13H2,1H3,(H,19,20). The molecule has 1 aromatic carbocycles. The maximum absolute atomic E-state index is 10.5. The van der Waals surface area contributed by atoms with E-state index in [2.05, 4.69) is 41.1 Å². The predicted molar refractivity (Wildman–Crippen MR) is 80.0 cm³/mol. The second kappa shape index (κ2) is 7.41. The highest BCUT2D eigenvalue weighted by Gasteiger charge is 2.12. The van der Waals surface area contributed by atoms with Crippen molar-refractivity contribution >= 4 is 5.97 Å². The molecule has 4 heteroatoms. The molecule has 1 aromatic rings. The summed E-state index contributed by atoms with van der Waals surface area (Å²) in [6.45, 7) is 5.75. The summed E-state index contributed by atoms with van der Waals surface area (Å²) >= 11 is 0. The molecule has 1 saturated heterocycles. The number of likely N-dealkylation sites (N-methyl/N-ethyl adjacent to an activating group) is 1. The van der Waals surface area contributed by atoms with Crippen LogP contribution >= 0.6 is 0 Å². The molecular weight excluding hydrogens is 252 g/mol. The van der Waals surface area contributed by atoms with Crippen molar-refractivity contribution in [2.24, 2.45) is 0 Å². The highest BCUT2D eigenvalue weighted by atomic mass is 16.4. The van der Waals surface area contributed by atoms with Crippen LogP contribution in [0.4, 0.5) is 0 Å². The average Bonchev–Trinajstić information content (AvgIpc) is 2.45. The van der Waals surface area contributed by atoms with Gasteiger partial charge < -0.3 is 14.9 Å². The van der Waals surface area contributed by atoms with Crippen LogP contribution in [0.25, 0.3) is 0 Å². The number of carboxylic acids is 1. The molecule has 0 unspecified atom stereocenters. The fourth-order valence-corrected chi connectivity index (χ4v) is 2.48. The zero-order chi connectivity index (χ0) is 14.4. The van der Waals surface area contributed by atoms with E-state index in [1.165, 1.54) is 5.56 Å². The maximum atomic E-state index is 10.5. The average molecular weight is 276 g/mol. The van der Waals surface area contributed by atoms with E-state index in [1.807, 2.05) is 0 Å². The van der Waals surface area contributed by atoms with Gasteiger partial charge in [0.25, 0.3) is 0 Å². The summed E-state index contributed by atoms with van der Waals surface area (Å²) in [7, 11) is 2.17. The first-order valence-electron chi connectivity index (χ1n) is 7.34. The molecule has 0 radical (unpaired) electrons. The van der Waals surface area contributed by atoms with Gasteiger partial charge in [0.15, 0.2) is 0 Å². The van der Waals surface area contributed by atoms with E-state index in [-0.39, 0.29) is 6.42 Å². The van der Waals surface area contributed by atoms with Crippen molar-refractivity contribution < 1.29 is 9.90 Å². The van der Waals surface area contributed by atoms with Crippen molar-refractivity contribution in [3.8, 4) is 0 Å². The lowest BCUT2D eigenvalue weighted by molar-refractivity contribution is -0.136. The summed E-state index contributed by atoms with van der Waals surface area (Å²) in [6.07, 6.45) is 1.90. The van der Waals surface area contributed by atoms with Gasteiger partial charge in [0, 0.05) is 39.1 Å². The number of carbonyl (C=O) groups is 1. The molecule has 1 N–H and O–H groups in total. The van der Waals surface area contributed by atoms with E-state index >= 15 is 0 Å². The van der Waals surface area contributed by atoms with E-state index in [0.29, 0.717) is 6.42 Å². The maximum Gasteiger partial charge on any atom is 0.303 e. The van der Waals surface area contributed by atoms with Crippen molar-refractivity contribution in [2.45, 2.75) is 19.3 Å². The number of benzene rings is 1. The molecule has 4 nitrogen and oxygen atoms in total. The fourth-order valence-electron chi connectivity index (χ4n) is 2.48. The second-order valence-electron chi connectivity index (χ2n) is 5.61. The van der Waals surface area contributed by atoms with Gasteiger partial charge in [0.2, 0.25) is 0 Å². The summed E-state index contributed by atoms with van der Waals surface area (Å²) in [4.78, 5) is 15.4. The molecule has 20 heavy (non-hydrogen) atoms. The Morgan fingerprint density at radius 3 is 2.15 bits per heavy atom. The second-order valence-corrected chi connectivity index (χ2v) is 5.61. The van der Waals surface area contributed by atoms with Crippen LogP contribution < -0.4 is 0 Å². The van der Waals surface area contributed by atoms with Gasteiger partial charge in [-0.1, -0.05) is 24.3 Å². The Bertz CT molecular complexity index is 423. The minimum Gasteiger partial charge on any atom is -0.481 e. The number of hydrogen-bond acceptors (Lipinski definition) is 3. The van der Waals surface area contributed by atoms with Gasteiger partial charge in [0.1, 0.15) is 0 Å². The lowest BCUT2D eigenvalue weighted by atomic mass is 10.1. The van der Waals surface area contributed by atoms with Gasteiger partial charge >= 0.3 is 5.97 Å². The number of aryl methyl sites for hydroxylation is 1. The van der Waals surface area contributed by atoms with E-state index < -0.39 is 5.97 Å². The quantitative estimate of drug-likeness (QED) is 0.855. The molecule has 0 atom stereocenters. The van der Waals surface area contributed by atoms with Crippen molar-refractivity contribution in [3.63, 3.8) is 0 Å². The highest BCUT2D eigenvalue weighted by molar-refractivity contribution is 5.67. The number of rotatable bonds is 6. The van der Waals surface area contributed by atoms with Gasteiger partial charge in [-0.25, -0.2) is 0 Å². The zero-order valence-corrected chi connectivity index (χ0v) is 12.2. The first-order valence-corrected chi connectivity index (χ1v) is 7.34. The van der Waals surface area contributed by atoms with Gasteiger partial charge in [-0.15, -0.1) is 0 Å². The Kier molecular flexibility index (Phi) is 5.56. The third-order valence-corrected chi connectivity index (χ3v) is 3.96. The summed E-state index contributed by atoms with van der Waals surface area (Å²) in [5.74, 6) is -0.732. The van der Waals surface area contributed by atoms with Crippen LogP contribution in [0.5, 0.6) is 0 Å². The third-order valence-electron chi connectivity index (χ3n) is 3.96. The van der Waals surface area contributed by atoms with E-state index in [9.17, 15) is 4.79 Å². The SMILES string of the molecule is CN1CCN(CCc2ccc(CCC(=O)O)cc2)CC1. The van der Waals surface area contributed by atoms with Crippen LogP contribution in [0.2, 0.25) is 0 Å². The largest absolute Gasteiger partial charge is 0.481 e. The Hall–Kier alpha value is -1.39. The highest BCUT2D eigenvalue weighted by Crippen LogP contribution is 2.09. The third kappa shape index (κ3) is 4.94. The molecule has 1 aliphatic rings. The van der Waals surface area contributed by atoms with Crippen molar-refractivity contribution in [1.82, 2.24) is 9.80 Å². The number of piperazine rings is 1. The van der Waals surface area contributed by atoms with E-state index in [1.54, 1.807) is 0 Å². The molecule has 110 valence electrons. The van der Waals surface area contributed by atoms with Crippen LogP contribution in [-0.2, 0) is 17.6 Å². The number of nitrogens with zero attached hydrogens (tertiary/aromatic N) is 2. The molecule has 0 aromatic heterocycles. The van der Waals surface area contributed by atoms with E-state index in [0.717, 1.165) is 44.7 Å². The minimum atomic E-state index is -0.732. The molecular formula is C16H24N2O2.